The van der Waals surface area contributed by atoms with Crippen molar-refractivity contribution in [1.82, 2.24) is 15.2 Å². The lowest BCUT2D eigenvalue weighted by atomic mass is 10.1. The molecule has 0 aliphatic carbocycles. The second-order valence-electron chi connectivity index (χ2n) is 7.78. The molecule has 8 nitrogen and oxygen atoms in total. The summed E-state index contributed by atoms with van der Waals surface area (Å²) in [5.41, 5.74) is 1.37. The Labute approximate surface area is 169 Å². The van der Waals surface area contributed by atoms with Gasteiger partial charge in [0.05, 0.1) is 18.0 Å². The Morgan fingerprint density at radius 3 is 2.54 bits per heavy atom. The number of amides is 2. The van der Waals surface area contributed by atoms with E-state index in [2.05, 4.69) is 10.3 Å². The molecule has 156 valence electrons. The lowest BCUT2D eigenvalue weighted by Gasteiger charge is -2.27. The second-order valence-corrected chi connectivity index (χ2v) is 8.78. The molecule has 9 heteroatoms. The summed E-state index contributed by atoms with van der Waals surface area (Å²) in [5, 5.41) is 2.93. The molecule has 0 aromatic carbocycles. The number of nitrogens with one attached hydrogen (secondary N) is 2. The van der Waals surface area contributed by atoms with Gasteiger partial charge in [0.2, 0.25) is 5.91 Å². The van der Waals surface area contributed by atoms with Crippen molar-refractivity contribution >= 4 is 29.5 Å². The number of thioether (sulfide) groups is 1. The van der Waals surface area contributed by atoms with Crippen LogP contribution in [0.15, 0.2) is 0 Å². The average molecular weight is 412 g/mol. The predicted octanol–water partition coefficient (Wildman–Crippen LogP) is 1.86. The molecule has 1 saturated heterocycles. The Morgan fingerprint density at radius 2 is 1.93 bits per heavy atom. The van der Waals surface area contributed by atoms with Crippen molar-refractivity contribution in [3.63, 3.8) is 0 Å². The first-order valence-electron chi connectivity index (χ1n) is 9.12. The van der Waals surface area contributed by atoms with Crippen LogP contribution in [0.25, 0.3) is 0 Å². The van der Waals surface area contributed by atoms with Gasteiger partial charge in [0, 0.05) is 24.1 Å². The number of hydrogen-bond acceptors (Lipinski definition) is 6. The molecule has 1 aliphatic heterocycles. The third-order valence-electron chi connectivity index (χ3n) is 4.32. The molecule has 1 fully saturated rings. The smallest absolute Gasteiger partial charge is 0.340 e. The van der Waals surface area contributed by atoms with Crippen LogP contribution < -0.4 is 5.32 Å². The SMILES string of the molecule is COCCOC(=O)c1c(C)[nH]c(C(=O)N2CSCC2C(=O)NC(C)(C)C)c1C. The molecule has 0 radical (unpaired) electrons. The molecule has 2 rings (SSSR count). The van der Waals surface area contributed by atoms with E-state index in [1.807, 2.05) is 20.8 Å². The normalized spacial score (nSPS) is 16.9. The summed E-state index contributed by atoms with van der Waals surface area (Å²) in [7, 11) is 1.53. The average Bonchev–Trinajstić information content (AvgIpc) is 3.18. The number of rotatable bonds is 6. The van der Waals surface area contributed by atoms with Crippen molar-refractivity contribution in [2.45, 2.75) is 46.2 Å². The minimum Gasteiger partial charge on any atom is -0.460 e. The quantitative estimate of drug-likeness (QED) is 0.547. The molecular formula is C19H29N3O5S. The standard InChI is InChI=1S/C19H29N3O5S/c1-11-14(18(25)27-8-7-26-6)12(2)20-15(11)17(24)22-10-28-9-13(22)16(23)21-19(3,4)5/h13,20H,7-10H2,1-6H3,(H,21,23). The van der Waals surface area contributed by atoms with Crippen molar-refractivity contribution in [3.8, 4) is 0 Å². The summed E-state index contributed by atoms with van der Waals surface area (Å²) < 4.78 is 10.1. The monoisotopic (exact) mass is 411 g/mol. The molecule has 2 N–H and O–H groups in total. The maximum absolute atomic E-state index is 13.1. The molecule has 1 unspecified atom stereocenters. The van der Waals surface area contributed by atoms with Gasteiger partial charge in [0.1, 0.15) is 18.3 Å². The van der Waals surface area contributed by atoms with Gasteiger partial charge in [-0.15, -0.1) is 11.8 Å². The lowest BCUT2D eigenvalue weighted by molar-refractivity contribution is -0.125. The number of esters is 1. The van der Waals surface area contributed by atoms with Gasteiger partial charge in [0.15, 0.2) is 0 Å². The second kappa shape index (κ2) is 9.00. The van der Waals surface area contributed by atoms with E-state index in [1.54, 1.807) is 18.7 Å². The van der Waals surface area contributed by atoms with Crippen molar-refractivity contribution in [3.05, 3.63) is 22.5 Å². The van der Waals surface area contributed by atoms with Crippen LogP contribution in [-0.4, -0.2) is 71.2 Å². The van der Waals surface area contributed by atoms with Crippen LogP contribution in [0.4, 0.5) is 0 Å². The van der Waals surface area contributed by atoms with E-state index in [9.17, 15) is 14.4 Å². The maximum atomic E-state index is 13.1. The highest BCUT2D eigenvalue weighted by atomic mass is 32.2. The van der Waals surface area contributed by atoms with E-state index < -0.39 is 12.0 Å². The molecule has 2 heterocycles. The molecule has 1 aromatic heterocycles. The van der Waals surface area contributed by atoms with Crippen LogP contribution in [-0.2, 0) is 14.3 Å². The van der Waals surface area contributed by atoms with Crippen molar-refractivity contribution in [2.75, 3.05) is 32.0 Å². The number of nitrogens with zero attached hydrogens (tertiary/aromatic N) is 1. The summed E-state index contributed by atoms with van der Waals surface area (Å²) in [5.74, 6) is -0.00780. The molecule has 1 aliphatic rings. The van der Waals surface area contributed by atoms with Gasteiger partial charge in [-0.3, -0.25) is 9.59 Å². The molecule has 1 atom stereocenters. The zero-order valence-corrected chi connectivity index (χ0v) is 18.1. The molecule has 0 bridgehead atoms. The predicted molar refractivity (Wildman–Crippen MR) is 108 cm³/mol. The number of methoxy groups -OCH3 is 1. The minimum absolute atomic E-state index is 0.139. The summed E-state index contributed by atoms with van der Waals surface area (Å²) in [4.78, 5) is 42.6. The highest BCUT2D eigenvalue weighted by Gasteiger charge is 2.38. The summed E-state index contributed by atoms with van der Waals surface area (Å²) in [6.45, 7) is 9.57. The number of carbonyl (C=O) groups is 3. The first kappa shape index (κ1) is 22.3. The van der Waals surface area contributed by atoms with Crippen LogP contribution in [0.5, 0.6) is 0 Å². The highest BCUT2D eigenvalue weighted by Crippen LogP contribution is 2.27. The van der Waals surface area contributed by atoms with Gasteiger partial charge in [-0.2, -0.15) is 0 Å². The Morgan fingerprint density at radius 1 is 1.25 bits per heavy atom. The summed E-state index contributed by atoms with van der Waals surface area (Å²) in [6.07, 6.45) is 0. The zero-order valence-electron chi connectivity index (χ0n) is 17.3. The molecular weight excluding hydrogens is 382 g/mol. The number of H-pyrrole nitrogens is 1. The topological polar surface area (TPSA) is 101 Å². The zero-order chi connectivity index (χ0) is 21.1. The van der Waals surface area contributed by atoms with Gasteiger partial charge in [-0.05, 0) is 40.2 Å². The summed E-state index contributed by atoms with van der Waals surface area (Å²) in [6, 6.07) is -0.545. The van der Waals surface area contributed by atoms with Crippen LogP contribution in [0.2, 0.25) is 0 Å². The van der Waals surface area contributed by atoms with Gasteiger partial charge in [-0.1, -0.05) is 0 Å². The number of carbonyl (C=O) groups excluding carboxylic acids is 3. The number of hydrogen-bond donors (Lipinski definition) is 2. The largest absolute Gasteiger partial charge is 0.460 e. The van der Waals surface area contributed by atoms with E-state index in [0.717, 1.165) is 0 Å². The Bertz CT molecular complexity index is 753. The molecule has 28 heavy (non-hydrogen) atoms. The van der Waals surface area contributed by atoms with E-state index in [4.69, 9.17) is 9.47 Å². The Kier molecular flexibility index (Phi) is 7.16. The number of aromatic amines is 1. The Hall–Kier alpha value is -2.00. The van der Waals surface area contributed by atoms with Gasteiger partial charge < -0.3 is 24.7 Å². The van der Waals surface area contributed by atoms with E-state index in [0.29, 0.717) is 40.8 Å². The number of ether oxygens (including phenoxy) is 2. The van der Waals surface area contributed by atoms with Crippen LogP contribution in [0.3, 0.4) is 0 Å². The first-order chi connectivity index (χ1) is 13.1. The number of aryl methyl sites for hydroxylation is 1. The van der Waals surface area contributed by atoms with Crippen molar-refractivity contribution in [1.29, 1.82) is 0 Å². The Balaban J connectivity index is 2.20. The van der Waals surface area contributed by atoms with E-state index in [1.165, 1.54) is 18.9 Å². The maximum Gasteiger partial charge on any atom is 0.340 e. The van der Waals surface area contributed by atoms with Crippen molar-refractivity contribution in [2.24, 2.45) is 0 Å². The molecule has 1 aromatic rings. The van der Waals surface area contributed by atoms with Crippen LogP contribution >= 0.6 is 11.8 Å². The van der Waals surface area contributed by atoms with Gasteiger partial charge in [0.25, 0.3) is 5.91 Å². The fourth-order valence-corrected chi connectivity index (χ4v) is 4.17. The lowest BCUT2D eigenvalue weighted by Crippen LogP contribution is -2.52. The van der Waals surface area contributed by atoms with Gasteiger partial charge in [-0.25, -0.2) is 4.79 Å². The third-order valence-corrected chi connectivity index (χ3v) is 5.33. The van der Waals surface area contributed by atoms with Crippen LogP contribution in [0.1, 0.15) is 52.9 Å². The molecule has 0 saturated carbocycles. The third kappa shape index (κ3) is 5.08. The molecule has 0 spiro atoms. The minimum atomic E-state index is -0.545. The molecule has 2 amide bonds. The van der Waals surface area contributed by atoms with Crippen LogP contribution in [0, 0.1) is 13.8 Å². The fourth-order valence-electron chi connectivity index (χ4n) is 3.02. The first-order valence-corrected chi connectivity index (χ1v) is 10.3. The fraction of sp³-hybridized carbons (Fsp3) is 0.632. The highest BCUT2D eigenvalue weighted by molar-refractivity contribution is 7.99. The van der Waals surface area contributed by atoms with Crippen molar-refractivity contribution < 1.29 is 23.9 Å². The van der Waals surface area contributed by atoms with Gasteiger partial charge >= 0.3 is 5.97 Å². The number of aromatic nitrogens is 1. The van der Waals surface area contributed by atoms with E-state index >= 15 is 0 Å². The van der Waals surface area contributed by atoms with E-state index in [-0.39, 0.29) is 24.0 Å². The summed E-state index contributed by atoms with van der Waals surface area (Å²) >= 11 is 1.53.